The molecule has 28 heavy (non-hydrogen) atoms. The van der Waals surface area contributed by atoms with Gasteiger partial charge in [-0.25, -0.2) is 0 Å². The van der Waals surface area contributed by atoms with Crippen molar-refractivity contribution in [3.05, 3.63) is 45.7 Å². The quantitative estimate of drug-likeness (QED) is 0.774. The Kier molecular flexibility index (Phi) is 5.26. The van der Waals surface area contributed by atoms with Crippen LogP contribution < -0.4 is 4.74 Å². The number of ether oxygens (including phenoxy) is 1. The van der Waals surface area contributed by atoms with E-state index in [4.69, 9.17) is 16.3 Å². The summed E-state index contributed by atoms with van der Waals surface area (Å²) < 4.78 is 45.4. The van der Waals surface area contributed by atoms with E-state index < -0.39 is 18.2 Å². The average molecular weight is 413 g/mol. The first-order valence-corrected chi connectivity index (χ1v) is 8.76. The highest BCUT2D eigenvalue weighted by Crippen LogP contribution is 2.35. The number of carbonyl (C=O) groups is 1. The molecule has 0 saturated carbocycles. The van der Waals surface area contributed by atoms with Crippen molar-refractivity contribution < 1.29 is 22.7 Å². The molecule has 1 aliphatic rings. The van der Waals surface area contributed by atoms with Gasteiger partial charge in [0.05, 0.1) is 16.3 Å². The first-order valence-electron chi connectivity index (χ1n) is 8.38. The van der Waals surface area contributed by atoms with Crippen LogP contribution in [0.25, 0.3) is 0 Å². The monoisotopic (exact) mass is 412 g/mol. The maximum Gasteiger partial charge on any atom is 0.425 e. The molecule has 1 atom stereocenters. The summed E-state index contributed by atoms with van der Waals surface area (Å²) in [6.07, 6.45) is -4.47. The number of hydrogen-bond acceptors (Lipinski definition) is 4. The second-order valence-electron chi connectivity index (χ2n) is 6.47. The smallest absolute Gasteiger partial charge is 0.425 e. The van der Waals surface area contributed by atoms with Gasteiger partial charge in [-0.15, -0.1) is 0 Å². The van der Waals surface area contributed by atoms with Crippen LogP contribution in [0.5, 0.6) is 5.75 Å². The van der Waals surface area contributed by atoms with Gasteiger partial charge in [-0.2, -0.15) is 23.5 Å². The number of alkyl halides is 3. The van der Waals surface area contributed by atoms with Crippen LogP contribution in [-0.2, 0) is 20.0 Å². The lowest BCUT2D eigenvalue weighted by molar-refractivity contribution is -0.189. The normalized spacial score (nSPS) is 15.0. The van der Waals surface area contributed by atoms with Crippen LogP contribution in [0.2, 0.25) is 5.02 Å². The Morgan fingerprint density at radius 1 is 1.43 bits per heavy atom. The maximum absolute atomic E-state index is 13.1. The number of fused-ring (bicyclic) bond motifs is 1. The van der Waals surface area contributed by atoms with Crippen LogP contribution in [0.3, 0.4) is 0 Å². The molecule has 148 valence electrons. The summed E-state index contributed by atoms with van der Waals surface area (Å²) in [6, 6.07) is 4.22. The van der Waals surface area contributed by atoms with Gasteiger partial charge in [0.25, 0.3) is 5.91 Å². The summed E-state index contributed by atoms with van der Waals surface area (Å²) in [6.45, 7) is 1.40. The average Bonchev–Trinajstić information content (AvgIpc) is 2.99. The van der Waals surface area contributed by atoms with Crippen molar-refractivity contribution >= 4 is 17.5 Å². The number of carbonyl (C=O) groups excluding carboxylic acids is 1. The van der Waals surface area contributed by atoms with E-state index in [9.17, 15) is 23.2 Å². The molecular formula is C18H16ClF3N4O2. The summed E-state index contributed by atoms with van der Waals surface area (Å²) in [5, 5.41) is 13.3. The highest BCUT2D eigenvalue weighted by atomic mass is 35.5. The summed E-state index contributed by atoms with van der Waals surface area (Å²) in [4.78, 5) is 14.6. The van der Waals surface area contributed by atoms with Gasteiger partial charge in [0.2, 0.25) is 0 Å². The van der Waals surface area contributed by atoms with Crippen molar-refractivity contribution in [3.63, 3.8) is 0 Å². The van der Waals surface area contributed by atoms with Gasteiger partial charge < -0.3 is 9.64 Å². The molecule has 0 spiro atoms. The van der Waals surface area contributed by atoms with Crippen LogP contribution in [0.4, 0.5) is 13.2 Å². The summed E-state index contributed by atoms with van der Waals surface area (Å²) in [7, 11) is 1.77. The molecule has 0 saturated heterocycles. The molecule has 0 aliphatic carbocycles. The van der Waals surface area contributed by atoms with Gasteiger partial charge in [-0.3, -0.25) is 9.48 Å². The highest BCUT2D eigenvalue weighted by Gasteiger charge is 2.39. The maximum atomic E-state index is 13.1. The van der Waals surface area contributed by atoms with Gasteiger partial charge in [-0.05, 0) is 19.1 Å². The van der Waals surface area contributed by atoms with Crippen LogP contribution >= 0.6 is 11.6 Å². The Morgan fingerprint density at radius 3 is 2.79 bits per heavy atom. The molecule has 1 aromatic heterocycles. The number of benzene rings is 1. The van der Waals surface area contributed by atoms with Crippen LogP contribution in [0, 0.1) is 11.3 Å². The number of aromatic nitrogens is 2. The molecule has 1 unspecified atom stereocenters. The Hall–Kier alpha value is -2.73. The van der Waals surface area contributed by atoms with E-state index in [0.29, 0.717) is 13.0 Å². The number of nitrogens with zero attached hydrogens (tertiary/aromatic N) is 4. The third kappa shape index (κ3) is 3.78. The number of rotatable bonds is 3. The predicted octanol–water partition coefficient (Wildman–Crippen LogP) is 3.47. The van der Waals surface area contributed by atoms with Crippen molar-refractivity contribution in [3.8, 4) is 11.8 Å². The van der Waals surface area contributed by atoms with E-state index in [2.05, 4.69) is 5.10 Å². The fraction of sp³-hybridized carbons (Fsp3) is 0.389. The van der Waals surface area contributed by atoms with Crippen LogP contribution in [0.15, 0.2) is 18.3 Å². The van der Waals surface area contributed by atoms with Gasteiger partial charge in [0.15, 0.2) is 6.10 Å². The lowest BCUT2D eigenvalue weighted by Crippen LogP contribution is -2.37. The van der Waals surface area contributed by atoms with E-state index >= 15 is 0 Å². The van der Waals surface area contributed by atoms with E-state index in [0.717, 1.165) is 18.2 Å². The molecular weight excluding hydrogens is 397 g/mol. The van der Waals surface area contributed by atoms with Crippen molar-refractivity contribution in [1.29, 1.82) is 5.26 Å². The SMILES string of the molecule is CC(Oc1ccc(C#N)c(Cl)c1C(=O)N1CCc2nn(C)cc2C1)C(F)(F)F. The molecule has 1 aliphatic heterocycles. The first-order chi connectivity index (χ1) is 13.1. The Bertz CT molecular complexity index is 965. The zero-order chi connectivity index (χ0) is 20.6. The molecule has 3 rings (SSSR count). The topological polar surface area (TPSA) is 71.2 Å². The van der Waals surface area contributed by atoms with E-state index in [1.165, 1.54) is 17.0 Å². The second-order valence-corrected chi connectivity index (χ2v) is 6.84. The van der Waals surface area contributed by atoms with Gasteiger partial charge in [0, 0.05) is 38.3 Å². The molecule has 10 heteroatoms. The highest BCUT2D eigenvalue weighted by molar-refractivity contribution is 6.35. The minimum Gasteiger partial charge on any atom is -0.480 e. The lowest BCUT2D eigenvalue weighted by Gasteiger charge is -2.28. The third-order valence-corrected chi connectivity index (χ3v) is 4.85. The second kappa shape index (κ2) is 7.36. The van der Waals surface area contributed by atoms with Crippen molar-refractivity contribution in [2.24, 2.45) is 7.05 Å². The van der Waals surface area contributed by atoms with E-state index in [1.807, 2.05) is 6.07 Å². The number of hydrogen-bond donors (Lipinski definition) is 0. The summed E-state index contributed by atoms with van der Waals surface area (Å²) in [5.74, 6) is -0.906. The van der Waals surface area contributed by atoms with Crippen molar-refractivity contribution in [2.75, 3.05) is 6.54 Å². The zero-order valence-electron chi connectivity index (χ0n) is 15.0. The molecule has 0 fully saturated rings. The zero-order valence-corrected chi connectivity index (χ0v) is 15.8. The predicted molar refractivity (Wildman–Crippen MR) is 94.0 cm³/mol. The van der Waals surface area contributed by atoms with Crippen molar-refractivity contribution in [2.45, 2.75) is 32.2 Å². The molecule has 0 N–H and O–H groups in total. The Labute approximate surface area is 164 Å². The number of halogens is 4. The molecule has 2 heterocycles. The molecule has 1 amide bonds. The lowest BCUT2D eigenvalue weighted by atomic mass is 10.0. The Morgan fingerprint density at radius 2 is 2.14 bits per heavy atom. The molecule has 1 aromatic carbocycles. The number of aryl methyl sites for hydroxylation is 1. The molecule has 0 bridgehead atoms. The van der Waals surface area contributed by atoms with E-state index in [1.54, 1.807) is 17.9 Å². The fourth-order valence-electron chi connectivity index (χ4n) is 2.98. The standard InChI is InChI=1S/C18H16ClF3N4O2/c1-10(18(20,21)22)28-14-4-3-11(7-23)16(19)15(14)17(27)26-6-5-13-12(9-26)8-25(2)24-13/h3-4,8,10H,5-6,9H2,1-2H3. The Balaban J connectivity index is 1.97. The number of amides is 1. The largest absolute Gasteiger partial charge is 0.480 e. The van der Waals surface area contributed by atoms with Gasteiger partial charge in [0.1, 0.15) is 17.4 Å². The third-order valence-electron chi connectivity index (χ3n) is 4.46. The summed E-state index contributed by atoms with van der Waals surface area (Å²) in [5.41, 5.74) is 1.45. The summed E-state index contributed by atoms with van der Waals surface area (Å²) >= 11 is 6.18. The number of nitriles is 1. The van der Waals surface area contributed by atoms with Gasteiger partial charge >= 0.3 is 6.18 Å². The van der Waals surface area contributed by atoms with Crippen LogP contribution in [0.1, 0.15) is 34.1 Å². The van der Waals surface area contributed by atoms with E-state index in [-0.39, 0.29) is 28.4 Å². The molecule has 6 nitrogen and oxygen atoms in total. The minimum absolute atomic E-state index is 0.0175. The van der Waals surface area contributed by atoms with Gasteiger partial charge in [-0.1, -0.05) is 11.6 Å². The minimum atomic E-state index is -4.61. The fourth-order valence-corrected chi connectivity index (χ4v) is 3.26. The van der Waals surface area contributed by atoms with Crippen LogP contribution in [-0.4, -0.2) is 39.4 Å². The van der Waals surface area contributed by atoms with Crippen molar-refractivity contribution in [1.82, 2.24) is 14.7 Å². The molecule has 2 aromatic rings. The first kappa shape index (κ1) is 20.0. The molecule has 0 radical (unpaired) electrons.